The smallest absolute Gasteiger partial charge is 0.244 e. The molecule has 2 aliphatic heterocycles. The Kier molecular flexibility index (Phi) is 5.96. The minimum Gasteiger partial charge on any atom is -0.378 e. The molecule has 0 aromatic carbocycles. The number of hydrogen-bond acceptors (Lipinski definition) is 4. The fraction of sp³-hybridized carbons (Fsp3) is 0.737. The standard InChI is InChI=1S/C19H30N4O3/c1-4-17-14(2)20-23(15(17)3)13-18(24)22-7-5-6-16(12-22)19(25)21-8-10-26-11-9-21/h16H,4-13H2,1-3H3/t16-/m1/s1. The van der Waals surface area contributed by atoms with E-state index in [-0.39, 0.29) is 24.3 Å². The zero-order chi connectivity index (χ0) is 18.7. The highest BCUT2D eigenvalue weighted by atomic mass is 16.5. The zero-order valence-corrected chi connectivity index (χ0v) is 16.2. The molecule has 3 rings (SSSR count). The molecule has 2 saturated heterocycles. The van der Waals surface area contributed by atoms with Gasteiger partial charge in [0.25, 0.3) is 0 Å². The van der Waals surface area contributed by atoms with E-state index >= 15 is 0 Å². The fourth-order valence-corrected chi connectivity index (χ4v) is 4.07. The molecule has 3 heterocycles. The summed E-state index contributed by atoms with van der Waals surface area (Å²) in [5.74, 6) is 0.139. The SMILES string of the molecule is CCc1c(C)nn(CC(=O)N2CCC[C@@H](C(=O)N3CCOCC3)C2)c1C. The summed E-state index contributed by atoms with van der Waals surface area (Å²) in [6.07, 6.45) is 2.66. The molecule has 144 valence electrons. The van der Waals surface area contributed by atoms with Crippen LogP contribution in [0.2, 0.25) is 0 Å². The number of piperidine rings is 1. The van der Waals surface area contributed by atoms with Gasteiger partial charge in [-0.25, -0.2) is 0 Å². The molecule has 0 unspecified atom stereocenters. The van der Waals surface area contributed by atoms with Crippen LogP contribution < -0.4 is 0 Å². The van der Waals surface area contributed by atoms with Gasteiger partial charge in [-0.15, -0.1) is 0 Å². The maximum atomic E-state index is 12.8. The van der Waals surface area contributed by atoms with Crippen LogP contribution in [-0.2, 0) is 27.3 Å². The minimum atomic E-state index is -0.0857. The molecule has 0 radical (unpaired) electrons. The van der Waals surface area contributed by atoms with Crippen molar-refractivity contribution in [3.05, 3.63) is 17.0 Å². The molecule has 7 heteroatoms. The van der Waals surface area contributed by atoms with Gasteiger partial charge in [0.2, 0.25) is 11.8 Å². The van der Waals surface area contributed by atoms with Crippen molar-refractivity contribution < 1.29 is 14.3 Å². The van der Waals surface area contributed by atoms with Gasteiger partial charge >= 0.3 is 0 Å². The van der Waals surface area contributed by atoms with Crippen molar-refractivity contribution >= 4 is 11.8 Å². The first-order valence-electron chi connectivity index (χ1n) is 9.68. The number of aromatic nitrogens is 2. The van der Waals surface area contributed by atoms with Gasteiger partial charge in [0.05, 0.1) is 24.8 Å². The van der Waals surface area contributed by atoms with E-state index in [0.29, 0.717) is 32.8 Å². The second-order valence-electron chi connectivity index (χ2n) is 7.28. The fourth-order valence-electron chi connectivity index (χ4n) is 4.07. The summed E-state index contributed by atoms with van der Waals surface area (Å²) in [5, 5.41) is 4.52. The van der Waals surface area contributed by atoms with Crippen LogP contribution in [0.3, 0.4) is 0 Å². The summed E-state index contributed by atoms with van der Waals surface area (Å²) in [6.45, 7) is 10.2. The quantitative estimate of drug-likeness (QED) is 0.806. The number of hydrogen-bond donors (Lipinski definition) is 0. The summed E-state index contributed by atoms with van der Waals surface area (Å²) >= 11 is 0. The molecule has 0 bridgehead atoms. The van der Waals surface area contributed by atoms with Crippen molar-refractivity contribution in [2.24, 2.45) is 5.92 Å². The highest BCUT2D eigenvalue weighted by molar-refractivity contribution is 5.81. The Bertz CT molecular complexity index is 664. The molecule has 1 aromatic rings. The largest absolute Gasteiger partial charge is 0.378 e. The van der Waals surface area contributed by atoms with Crippen LogP contribution >= 0.6 is 0 Å². The summed E-state index contributed by atoms with van der Waals surface area (Å²) in [4.78, 5) is 29.3. The molecule has 2 amide bonds. The van der Waals surface area contributed by atoms with E-state index in [1.807, 2.05) is 28.3 Å². The van der Waals surface area contributed by atoms with Gasteiger partial charge in [-0.2, -0.15) is 5.10 Å². The maximum absolute atomic E-state index is 12.8. The molecular weight excluding hydrogens is 332 g/mol. The Morgan fingerprint density at radius 2 is 1.88 bits per heavy atom. The van der Waals surface area contributed by atoms with E-state index in [0.717, 1.165) is 37.2 Å². The highest BCUT2D eigenvalue weighted by Crippen LogP contribution is 2.21. The molecule has 1 aromatic heterocycles. The first-order valence-corrected chi connectivity index (χ1v) is 9.68. The zero-order valence-electron chi connectivity index (χ0n) is 16.2. The van der Waals surface area contributed by atoms with E-state index < -0.39 is 0 Å². The monoisotopic (exact) mass is 362 g/mol. The molecule has 1 atom stereocenters. The topological polar surface area (TPSA) is 67.7 Å². The normalized spacial score (nSPS) is 21.1. The molecule has 26 heavy (non-hydrogen) atoms. The lowest BCUT2D eigenvalue weighted by molar-refractivity contribution is -0.144. The second kappa shape index (κ2) is 8.20. The van der Waals surface area contributed by atoms with Gasteiger partial charge in [-0.1, -0.05) is 6.92 Å². The number of aryl methyl sites for hydroxylation is 1. The van der Waals surface area contributed by atoms with Gasteiger partial charge < -0.3 is 14.5 Å². The molecule has 0 N–H and O–H groups in total. The van der Waals surface area contributed by atoms with Crippen LogP contribution in [0, 0.1) is 19.8 Å². The Hall–Kier alpha value is -1.89. The van der Waals surface area contributed by atoms with Crippen molar-refractivity contribution in [1.82, 2.24) is 19.6 Å². The number of likely N-dealkylation sites (tertiary alicyclic amines) is 1. The molecule has 0 spiro atoms. The Morgan fingerprint density at radius 1 is 1.15 bits per heavy atom. The van der Waals surface area contributed by atoms with Gasteiger partial charge in [-0.3, -0.25) is 14.3 Å². The van der Waals surface area contributed by atoms with E-state index in [1.165, 1.54) is 5.56 Å². The Labute approximate surface area is 155 Å². The van der Waals surface area contributed by atoms with Crippen LogP contribution in [0.4, 0.5) is 0 Å². The maximum Gasteiger partial charge on any atom is 0.244 e. The summed E-state index contributed by atoms with van der Waals surface area (Å²) < 4.78 is 7.14. The van der Waals surface area contributed by atoms with Crippen molar-refractivity contribution in [2.75, 3.05) is 39.4 Å². The lowest BCUT2D eigenvalue weighted by atomic mass is 9.96. The van der Waals surface area contributed by atoms with Crippen molar-refractivity contribution in [1.29, 1.82) is 0 Å². The lowest BCUT2D eigenvalue weighted by Crippen LogP contribution is -2.50. The number of carbonyl (C=O) groups excluding carboxylic acids is 2. The average molecular weight is 362 g/mol. The predicted molar refractivity (Wildman–Crippen MR) is 97.8 cm³/mol. The number of rotatable bonds is 4. The number of carbonyl (C=O) groups is 2. The van der Waals surface area contributed by atoms with Crippen molar-refractivity contribution in [3.63, 3.8) is 0 Å². The van der Waals surface area contributed by atoms with Gasteiger partial charge in [0.15, 0.2) is 0 Å². The van der Waals surface area contributed by atoms with Crippen molar-refractivity contribution in [2.45, 2.75) is 46.6 Å². The van der Waals surface area contributed by atoms with E-state index in [2.05, 4.69) is 12.0 Å². The van der Waals surface area contributed by atoms with Gasteiger partial charge in [0, 0.05) is 31.9 Å². The van der Waals surface area contributed by atoms with E-state index in [1.54, 1.807) is 0 Å². The number of ether oxygens (including phenoxy) is 1. The third-order valence-corrected chi connectivity index (χ3v) is 5.62. The third kappa shape index (κ3) is 3.92. The van der Waals surface area contributed by atoms with Crippen molar-refractivity contribution in [3.8, 4) is 0 Å². The van der Waals surface area contributed by atoms with Crippen LogP contribution in [0.1, 0.15) is 36.7 Å². The number of nitrogens with zero attached hydrogens (tertiary/aromatic N) is 4. The molecule has 2 aliphatic rings. The molecule has 0 saturated carbocycles. The summed E-state index contributed by atoms with van der Waals surface area (Å²) in [6, 6.07) is 0. The number of amides is 2. The Morgan fingerprint density at radius 3 is 2.54 bits per heavy atom. The van der Waals surface area contributed by atoms with E-state index in [9.17, 15) is 9.59 Å². The lowest BCUT2D eigenvalue weighted by Gasteiger charge is -2.36. The average Bonchev–Trinajstić information content (AvgIpc) is 2.94. The van der Waals surface area contributed by atoms with Crippen LogP contribution in [0.5, 0.6) is 0 Å². The van der Waals surface area contributed by atoms with Crippen LogP contribution in [-0.4, -0.2) is 70.8 Å². The molecule has 2 fully saturated rings. The molecular formula is C19H30N4O3. The first-order chi connectivity index (χ1) is 12.5. The van der Waals surface area contributed by atoms with Gasteiger partial charge in [0.1, 0.15) is 6.54 Å². The second-order valence-corrected chi connectivity index (χ2v) is 7.28. The third-order valence-electron chi connectivity index (χ3n) is 5.62. The molecule has 0 aliphatic carbocycles. The minimum absolute atomic E-state index is 0.0535. The summed E-state index contributed by atoms with van der Waals surface area (Å²) in [5.41, 5.74) is 3.28. The Balaban J connectivity index is 1.62. The molecule has 7 nitrogen and oxygen atoms in total. The highest BCUT2D eigenvalue weighted by Gasteiger charge is 2.32. The van der Waals surface area contributed by atoms with Crippen LogP contribution in [0.15, 0.2) is 0 Å². The summed E-state index contributed by atoms with van der Waals surface area (Å²) in [7, 11) is 0. The first kappa shape index (κ1) is 18.9. The van der Waals surface area contributed by atoms with Crippen LogP contribution in [0.25, 0.3) is 0 Å². The predicted octanol–water partition coefficient (Wildman–Crippen LogP) is 1.16. The van der Waals surface area contributed by atoms with E-state index in [4.69, 9.17) is 4.74 Å². The number of morpholine rings is 1. The van der Waals surface area contributed by atoms with Gasteiger partial charge in [-0.05, 0) is 38.7 Å².